The molecule has 0 spiro atoms. The van der Waals surface area contributed by atoms with Crippen molar-refractivity contribution in [2.45, 2.75) is 25.8 Å². The summed E-state index contributed by atoms with van der Waals surface area (Å²) >= 11 is 0. The normalized spacial score (nSPS) is 17.9. The average molecular weight is 292 g/mol. The van der Waals surface area contributed by atoms with Gasteiger partial charge in [-0.05, 0) is 38.9 Å². The van der Waals surface area contributed by atoms with Crippen LogP contribution in [-0.4, -0.2) is 51.2 Å². The van der Waals surface area contributed by atoms with E-state index in [1.165, 1.54) is 0 Å². The number of carbonyl (C=O) groups excluding carboxylic acids is 1. The highest BCUT2D eigenvalue weighted by molar-refractivity contribution is 5.95. The van der Waals surface area contributed by atoms with Gasteiger partial charge in [-0.3, -0.25) is 4.79 Å². The molecule has 1 N–H and O–H groups in total. The second-order valence-electron chi connectivity index (χ2n) is 5.36. The van der Waals surface area contributed by atoms with Crippen LogP contribution in [0.2, 0.25) is 0 Å². The Morgan fingerprint density at radius 2 is 1.95 bits per heavy atom. The van der Waals surface area contributed by atoms with E-state index in [1.807, 2.05) is 18.9 Å². The Labute approximate surface area is 126 Å². The van der Waals surface area contributed by atoms with Crippen LogP contribution in [0.5, 0.6) is 11.5 Å². The second-order valence-corrected chi connectivity index (χ2v) is 5.36. The maximum Gasteiger partial charge on any atom is 0.254 e. The fourth-order valence-corrected chi connectivity index (χ4v) is 2.93. The van der Waals surface area contributed by atoms with Crippen LogP contribution in [0.25, 0.3) is 0 Å². The zero-order chi connectivity index (χ0) is 15.4. The van der Waals surface area contributed by atoms with E-state index in [0.29, 0.717) is 17.1 Å². The third-order valence-corrected chi connectivity index (χ3v) is 4.08. The predicted octanol–water partition coefficient (Wildman–Crippen LogP) is 1.84. The largest absolute Gasteiger partial charge is 0.496 e. The molecule has 1 saturated heterocycles. The molecular formula is C16H24N2O3. The van der Waals surface area contributed by atoms with Crippen LogP contribution in [0.1, 0.15) is 28.8 Å². The van der Waals surface area contributed by atoms with E-state index in [1.54, 1.807) is 26.4 Å². The summed E-state index contributed by atoms with van der Waals surface area (Å²) in [5.41, 5.74) is 1.53. The molecule has 1 fully saturated rings. The summed E-state index contributed by atoms with van der Waals surface area (Å²) in [6, 6.07) is 3.87. The van der Waals surface area contributed by atoms with Gasteiger partial charge < -0.3 is 19.7 Å². The minimum absolute atomic E-state index is 0.0457. The van der Waals surface area contributed by atoms with Crippen molar-refractivity contribution in [1.82, 2.24) is 10.2 Å². The van der Waals surface area contributed by atoms with Gasteiger partial charge in [-0.15, -0.1) is 0 Å². The van der Waals surface area contributed by atoms with Crippen LogP contribution in [0, 0.1) is 6.92 Å². The van der Waals surface area contributed by atoms with E-state index in [4.69, 9.17) is 9.47 Å². The fraction of sp³-hybridized carbons (Fsp3) is 0.562. The highest BCUT2D eigenvalue weighted by Crippen LogP contribution is 2.31. The lowest BCUT2D eigenvalue weighted by molar-refractivity contribution is 0.0736. The van der Waals surface area contributed by atoms with Gasteiger partial charge in [0.1, 0.15) is 11.5 Å². The van der Waals surface area contributed by atoms with Gasteiger partial charge in [0.2, 0.25) is 0 Å². The van der Waals surface area contributed by atoms with Gasteiger partial charge >= 0.3 is 0 Å². The minimum atomic E-state index is 0.0457. The number of likely N-dealkylation sites (N-methyl/N-ethyl adjacent to an activating group) is 1. The number of nitrogens with zero attached hydrogens (tertiary/aromatic N) is 1. The molecule has 0 aromatic heterocycles. The van der Waals surface area contributed by atoms with Crippen LogP contribution in [0.15, 0.2) is 12.1 Å². The fourth-order valence-electron chi connectivity index (χ4n) is 2.93. The number of benzene rings is 1. The summed E-state index contributed by atoms with van der Waals surface area (Å²) in [6.45, 7) is 3.56. The van der Waals surface area contributed by atoms with Crippen LogP contribution in [0.3, 0.4) is 0 Å². The first-order valence-electron chi connectivity index (χ1n) is 7.30. The molecule has 2 rings (SSSR count). The molecule has 1 aromatic carbocycles. The Morgan fingerprint density at radius 3 is 2.48 bits per heavy atom. The van der Waals surface area contributed by atoms with Crippen molar-refractivity contribution in [3.05, 3.63) is 23.3 Å². The molecule has 1 aromatic rings. The molecule has 1 unspecified atom stereocenters. The number of nitrogens with one attached hydrogen (secondary N) is 1. The number of carbonyl (C=O) groups is 1. The van der Waals surface area contributed by atoms with E-state index < -0.39 is 0 Å². The van der Waals surface area contributed by atoms with Crippen molar-refractivity contribution in [2.24, 2.45) is 0 Å². The molecule has 1 amide bonds. The van der Waals surface area contributed by atoms with E-state index in [2.05, 4.69) is 5.32 Å². The van der Waals surface area contributed by atoms with E-state index in [-0.39, 0.29) is 11.9 Å². The summed E-state index contributed by atoms with van der Waals surface area (Å²) in [6.07, 6.45) is 2.10. The van der Waals surface area contributed by atoms with Gasteiger partial charge in [-0.25, -0.2) is 0 Å². The lowest BCUT2D eigenvalue weighted by Gasteiger charge is -2.25. The molecule has 0 saturated carbocycles. The monoisotopic (exact) mass is 292 g/mol. The van der Waals surface area contributed by atoms with Crippen molar-refractivity contribution in [3.8, 4) is 11.5 Å². The topological polar surface area (TPSA) is 50.8 Å². The van der Waals surface area contributed by atoms with Crippen LogP contribution < -0.4 is 14.8 Å². The Morgan fingerprint density at radius 1 is 1.33 bits per heavy atom. The highest BCUT2D eigenvalue weighted by Gasteiger charge is 2.29. The zero-order valence-electron chi connectivity index (χ0n) is 13.2. The Bertz CT molecular complexity index is 491. The third kappa shape index (κ3) is 3.13. The van der Waals surface area contributed by atoms with Crippen molar-refractivity contribution in [3.63, 3.8) is 0 Å². The van der Waals surface area contributed by atoms with Gasteiger partial charge in [-0.2, -0.15) is 0 Å². The van der Waals surface area contributed by atoms with Crippen molar-refractivity contribution >= 4 is 5.91 Å². The van der Waals surface area contributed by atoms with Gasteiger partial charge in [0.25, 0.3) is 5.91 Å². The molecular weight excluding hydrogens is 268 g/mol. The Balaban J connectivity index is 2.30. The molecule has 5 nitrogen and oxygen atoms in total. The molecule has 1 aliphatic rings. The van der Waals surface area contributed by atoms with Gasteiger partial charge in [0.05, 0.1) is 14.2 Å². The molecule has 5 heteroatoms. The first kappa shape index (κ1) is 15.6. The Hall–Kier alpha value is -1.75. The maximum absolute atomic E-state index is 12.8. The smallest absolute Gasteiger partial charge is 0.254 e. The first-order valence-corrected chi connectivity index (χ1v) is 7.30. The number of amides is 1. The quantitative estimate of drug-likeness (QED) is 0.899. The zero-order valence-corrected chi connectivity index (χ0v) is 13.2. The number of hydrogen-bond donors (Lipinski definition) is 1. The SMILES string of the molecule is CNCC1CCCN1C(=O)c1cc(OC)c(C)c(OC)c1. The maximum atomic E-state index is 12.8. The summed E-state index contributed by atoms with van der Waals surface area (Å²) in [4.78, 5) is 14.7. The predicted molar refractivity (Wildman–Crippen MR) is 82.3 cm³/mol. The van der Waals surface area contributed by atoms with Crippen LogP contribution >= 0.6 is 0 Å². The third-order valence-electron chi connectivity index (χ3n) is 4.08. The standard InChI is InChI=1S/C16H24N2O3/c1-11-14(20-3)8-12(9-15(11)21-4)16(19)18-7-5-6-13(18)10-17-2/h8-9,13,17H,5-7,10H2,1-4H3. The second kappa shape index (κ2) is 6.80. The van der Waals surface area contributed by atoms with Gasteiger partial charge in [-0.1, -0.05) is 0 Å². The molecule has 1 atom stereocenters. The summed E-state index contributed by atoms with van der Waals surface area (Å²) in [5.74, 6) is 1.41. The lowest BCUT2D eigenvalue weighted by Crippen LogP contribution is -2.40. The van der Waals surface area contributed by atoms with Crippen molar-refractivity contribution in [2.75, 3.05) is 34.4 Å². The van der Waals surface area contributed by atoms with E-state index >= 15 is 0 Å². The lowest BCUT2D eigenvalue weighted by atomic mass is 10.1. The molecule has 0 bridgehead atoms. The van der Waals surface area contributed by atoms with E-state index in [9.17, 15) is 4.79 Å². The number of likely N-dealkylation sites (tertiary alicyclic amines) is 1. The Kier molecular flexibility index (Phi) is 5.07. The summed E-state index contributed by atoms with van der Waals surface area (Å²) in [7, 11) is 5.13. The average Bonchev–Trinajstić information content (AvgIpc) is 2.95. The molecule has 116 valence electrons. The minimum Gasteiger partial charge on any atom is -0.496 e. The van der Waals surface area contributed by atoms with Crippen molar-refractivity contribution < 1.29 is 14.3 Å². The summed E-state index contributed by atoms with van der Waals surface area (Å²) < 4.78 is 10.7. The molecule has 1 aliphatic heterocycles. The highest BCUT2D eigenvalue weighted by atomic mass is 16.5. The molecule has 1 heterocycles. The number of ether oxygens (including phenoxy) is 2. The number of rotatable bonds is 5. The molecule has 0 radical (unpaired) electrons. The van der Waals surface area contributed by atoms with E-state index in [0.717, 1.165) is 31.5 Å². The molecule has 0 aliphatic carbocycles. The molecule has 21 heavy (non-hydrogen) atoms. The van der Waals surface area contributed by atoms with Crippen molar-refractivity contribution in [1.29, 1.82) is 0 Å². The summed E-state index contributed by atoms with van der Waals surface area (Å²) in [5, 5.41) is 3.16. The van der Waals surface area contributed by atoms with Crippen LogP contribution in [0.4, 0.5) is 0 Å². The van der Waals surface area contributed by atoms with Gasteiger partial charge in [0, 0.05) is 30.3 Å². The first-order chi connectivity index (χ1) is 10.1. The van der Waals surface area contributed by atoms with Gasteiger partial charge in [0.15, 0.2) is 0 Å². The number of methoxy groups -OCH3 is 2. The van der Waals surface area contributed by atoms with Crippen LogP contribution in [-0.2, 0) is 0 Å². The number of hydrogen-bond acceptors (Lipinski definition) is 4.